The van der Waals surface area contributed by atoms with Crippen molar-refractivity contribution >= 4 is 33.6 Å². The van der Waals surface area contributed by atoms with E-state index in [0.717, 1.165) is 10.8 Å². The van der Waals surface area contributed by atoms with Gasteiger partial charge in [-0.25, -0.2) is 4.39 Å². The highest BCUT2D eigenvalue weighted by atomic mass is 19.1. The molecule has 0 aliphatic carbocycles. The molecule has 1 heterocycles. The monoisotopic (exact) mass is 550 g/mol. The highest BCUT2D eigenvalue weighted by Gasteiger charge is 2.27. The third kappa shape index (κ3) is 6.19. The van der Waals surface area contributed by atoms with E-state index in [0.29, 0.717) is 34.1 Å². The Balaban J connectivity index is 1.46. The molecule has 6 nitrogen and oxygen atoms in total. The minimum Gasteiger partial charge on any atom is -0.464 e. The van der Waals surface area contributed by atoms with Crippen LogP contribution in [0.15, 0.2) is 106 Å². The Labute approximate surface area is 237 Å². The third-order valence-electron chi connectivity index (χ3n) is 7.44. The molecule has 208 valence electrons. The van der Waals surface area contributed by atoms with Gasteiger partial charge in [0.1, 0.15) is 17.9 Å². The SMILES string of the molecule is CC[C@H](C)N(CC(=O)N(Cc1ccc(F)cc1)Cc1coc2ccccc2c1=O)C(=O)c1ccc2ccccc2c1. The van der Waals surface area contributed by atoms with Crippen LogP contribution in [0.5, 0.6) is 0 Å². The summed E-state index contributed by atoms with van der Waals surface area (Å²) in [7, 11) is 0. The summed E-state index contributed by atoms with van der Waals surface area (Å²) < 4.78 is 19.3. The van der Waals surface area contributed by atoms with Crippen LogP contribution in [0.3, 0.4) is 0 Å². The van der Waals surface area contributed by atoms with Gasteiger partial charge >= 0.3 is 0 Å². The molecule has 0 N–H and O–H groups in total. The van der Waals surface area contributed by atoms with Gasteiger partial charge in [-0.1, -0.05) is 61.5 Å². The first-order chi connectivity index (χ1) is 19.8. The predicted molar refractivity (Wildman–Crippen MR) is 158 cm³/mol. The summed E-state index contributed by atoms with van der Waals surface area (Å²) in [6.07, 6.45) is 2.03. The summed E-state index contributed by atoms with van der Waals surface area (Å²) in [6, 6.07) is 25.9. The van der Waals surface area contributed by atoms with Crippen molar-refractivity contribution in [3.05, 3.63) is 130 Å². The lowest BCUT2D eigenvalue weighted by atomic mass is 10.1. The molecule has 5 rings (SSSR count). The van der Waals surface area contributed by atoms with Crippen LogP contribution in [0.1, 0.15) is 41.8 Å². The first-order valence-corrected chi connectivity index (χ1v) is 13.7. The van der Waals surface area contributed by atoms with Crippen LogP contribution >= 0.6 is 0 Å². The molecular formula is C34H31FN2O4. The summed E-state index contributed by atoms with van der Waals surface area (Å²) in [4.78, 5) is 44.0. The first-order valence-electron chi connectivity index (χ1n) is 13.7. The molecule has 0 fully saturated rings. The lowest BCUT2D eigenvalue weighted by molar-refractivity contribution is -0.133. The van der Waals surface area contributed by atoms with E-state index in [1.807, 2.05) is 50.2 Å². The molecule has 0 aliphatic heterocycles. The zero-order valence-electron chi connectivity index (χ0n) is 23.0. The van der Waals surface area contributed by atoms with E-state index in [1.165, 1.54) is 23.3 Å². The molecule has 0 saturated heterocycles. The number of carbonyl (C=O) groups excluding carboxylic acids is 2. The minimum atomic E-state index is -0.384. The average Bonchev–Trinajstić information content (AvgIpc) is 3.00. The van der Waals surface area contributed by atoms with Crippen LogP contribution in [0.4, 0.5) is 4.39 Å². The second-order valence-electron chi connectivity index (χ2n) is 10.2. The van der Waals surface area contributed by atoms with E-state index in [1.54, 1.807) is 47.4 Å². The summed E-state index contributed by atoms with van der Waals surface area (Å²) in [5, 5.41) is 2.39. The molecule has 5 aromatic rings. The quantitative estimate of drug-likeness (QED) is 0.209. The van der Waals surface area contributed by atoms with Gasteiger partial charge in [0, 0.05) is 18.2 Å². The number of rotatable bonds is 9. The number of fused-ring (bicyclic) bond motifs is 2. The maximum atomic E-state index is 13.9. The van der Waals surface area contributed by atoms with Crippen molar-refractivity contribution in [2.75, 3.05) is 6.54 Å². The Hall–Kier alpha value is -4.78. The van der Waals surface area contributed by atoms with Gasteiger partial charge < -0.3 is 14.2 Å². The largest absolute Gasteiger partial charge is 0.464 e. The van der Waals surface area contributed by atoms with Crippen LogP contribution in [-0.4, -0.2) is 34.2 Å². The smallest absolute Gasteiger partial charge is 0.254 e. The molecule has 41 heavy (non-hydrogen) atoms. The van der Waals surface area contributed by atoms with Gasteiger partial charge in [-0.2, -0.15) is 0 Å². The van der Waals surface area contributed by atoms with E-state index in [2.05, 4.69) is 0 Å². The first kappa shape index (κ1) is 27.8. The standard InChI is InChI=1S/C34H31FN2O4/c1-3-23(2)37(34(40)27-15-14-25-8-4-5-9-26(25)18-27)21-32(38)36(19-24-12-16-29(35)17-13-24)20-28-22-41-31-11-7-6-10-30(31)33(28)39/h4-18,22-23H,3,19-21H2,1-2H3/t23-/m0/s1. The van der Waals surface area contributed by atoms with Crippen molar-refractivity contribution in [3.8, 4) is 0 Å². The van der Waals surface area contributed by atoms with Crippen LogP contribution in [-0.2, 0) is 17.9 Å². The van der Waals surface area contributed by atoms with Crippen molar-refractivity contribution in [1.29, 1.82) is 0 Å². The molecule has 0 unspecified atom stereocenters. The molecular weight excluding hydrogens is 519 g/mol. The molecule has 0 spiro atoms. The van der Waals surface area contributed by atoms with Crippen molar-refractivity contribution in [2.45, 2.75) is 39.4 Å². The molecule has 7 heteroatoms. The van der Waals surface area contributed by atoms with Crippen LogP contribution in [0.25, 0.3) is 21.7 Å². The molecule has 0 saturated carbocycles. The van der Waals surface area contributed by atoms with E-state index in [-0.39, 0.29) is 48.7 Å². The van der Waals surface area contributed by atoms with Gasteiger partial charge in [0.05, 0.1) is 23.8 Å². The van der Waals surface area contributed by atoms with E-state index < -0.39 is 0 Å². The lowest BCUT2D eigenvalue weighted by Crippen LogP contribution is -2.46. The summed E-state index contributed by atoms with van der Waals surface area (Å²) in [5.41, 5.74) is 1.74. The normalized spacial score (nSPS) is 11.9. The van der Waals surface area contributed by atoms with Crippen LogP contribution in [0.2, 0.25) is 0 Å². The Morgan fingerprint density at radius 1 is 0.878 bits per heavy atom. The number of hydrogen-bond donors (Lipinski definition) is 0. The van der Waals surface area contributed by atoms with E-state index in [9.17, 15) is 18.8 Å². The molecule has 1 atom stereocenters. The van der Waals surface area contributed by atoms with Crippen molar-refractivity contribution in [2.24, 2.45) is 0 Å². The van der Waals surface area contributed by atoms with Gasteiger partial charge in [0.25, 0.3) is 5.91 Å². The Morgan fingerprint density at radius 2 is 1.59 bits per heavy atom. The van der Waals surface area contributed by atoms with E-state index >= 15 is 0 Å². The summed E-state index contributed by atoms with van der Waals surface area (Å²) in [5.74, 6) is -0.965. The second-order valence-corrected chi connectivity index (χ2v) is 10.2. The van der Waals surface area contributed by atoms with Gasteiger partial charge in [-0.15, -0.1) is 0 Å². The number of hydrogen-bond acceptors (Lipinski definition) is 4. The fourth-order valence-corrected chi connectivity index (χ4v) is 4.86. The number of amides is 2. The molecule has 2 amide bonds. The van der Waals surface area contributed by atoms with Crippen LogP contribution in [0, 0.1) is 5.82 Å². The molecule has 0 bridgehead atoms. The average molecular weight is 551 g/mol. The summed E-state index contributed by atoms with van der Waals surface area (Å²) >= 11 is 0. The highest BCUT2D eigenvalue weighted by molar-refractivity contribution is 6.00. The number of nitrogens with zero attached hydrogens (tertiary/aromatic N) is 2. The maximum absolute atomic E-state index is 13.9. The second kappa shape index (κ2) is 12.2. The van der Waals surface area contributed by atoms with Crippen molar-refractivity contribution < 1.29 is 18.4 Å². The Bertz CT molecular complexity index is 1760. The fourth-order valence-electron chi connectivity index (χ4n) is 4.86. The topological polar surface area (TPSA) is 70.8 Å². The van der Waals surface area contributed by atoms with Crippen molar-refractivity contribution in [1.82, 2.24) is 9.80 Å². The third-order valence-corrected chi connectivity index (χ3v) is 7.44. The number of carbonyl (C=O) groups is 2. The molecule has 1 aromatic heterocycles. The maximum Gasteiger partial charge on any atom is 0.254 e. The van der Waals surface area contributed by atoms with Gasteiger partial charge in [0.2, 0.25) is 5.91 Å². The van der Waals surface area contributed by atoms with Gasteiger partial charge in [-0.05, 0) is 66.1 Å². The minimum absolute atomic E-state index is 0.0259. The number of halogens is 1. The van der Waals surface area contributed by atoms with Crippen LogP contribution < -0.4 is 5.43 Å². The van der Waals surface area contributed by atoms with E-state index in [4.69, 9.17) is 4.42 Å². The predicted octanol–water partition coefficient (Wildman–Crippen LogP) is 6.56. The zero-order valence-corrected chi connectivity index (χ0v) is 23.0. The molecule has 4 aromatic carbocycles. The van der Waals surface area contributed by atoms with Gasteiger partial charge in [-0.3, -0.25) is 14.4 Å². The Morgan fingerprint density at radius 3 is 2.34 bits per heavy atom. The molecule has 0 radical (unpaired) electrons. The number of benzene rings is 4. The van der Waals surface area contributed by atoms with Gasteiger partial charge in [0.15, 0.2) is 5.43 Å². The molecule has 0 aliphatic rings. The number of para-hydroxylation sites is 1. The summed E-state index contributed by atoms with van der Waals surface area (Å²) in [6.45, 7) is 3.80. The zero-order chi connectivity index (χ0) is 28.9. The lowest BCUT2D eigenvalue weighted by Gasteiger charge is -2.31. The Kier molecular flexibility index (Phi) is 8.24. The van der Waals surface area contributed by atoms with Crippen molar-refractivity contribution in [3.63, 3.8) is 0 Å². The highest BCUT2D eigenvalue weighted by Crippen LogP contribution is 2.20. The fraction of sp³-hybridized carbons (Fsp3) is 0.206.